The summed E-state index contributed by atoms with van der Waals surface area (Å²) < 4.78 is 13.8. The lowest BCUT2D eigenvalue weighted by molar-refractivity contribution is -0.158. The van der Waals surface area contributed by atoms with E-state index in [1.165, 1.54) is 48.8 Å². The van der Waals surface area contributed by atoms with Crippen molar-refractivity contribution in [2.45, 2.75) is 190 Å². The first kappa shape index (κ1) is 56.5. The Labute approximate surface area is 475 Å². The highest BCUT2D eigenvalue weighted by Crippen LogP contribution is 2.60. The number of allylic oxidation sites excluding steroid dienone is 5. The van der Waals surface area contributed by atoms with E-state index >= 15 is 14.4 Å². The standard InChI is InChI=1S/C65H91N9O6/c1-41(36-63(29-13-31-70-61(68-4)74-63)51-27-32-69-59-47(51)23-25-55(67-3)73-59)26-30-64-57(76)48-20-11-19-46-38-62(2,37-43-22-24-54(66)72-40-43)28-9-8-16-44-17-10-18-45-34-52(71-39-42-14-6-5-7-15-42)50(35-49(44)45)53(21-12-33-75)79-60(78)65(64,80-64)58(77)56(46)48/h10-11,18-20,22,24,26-27,34,40,42,44,49-50,52-55,67,69,71-73,75H,5-9,12-17,21,23,25,28-33,35-39,66H2,1-4H3,(H2,68,70,74). The number of hydrogen-bond acceptors (Lipinski definition) is 13. The number of esters is 1. The third kappa shape index (κ3) is 11.1. The van der Waals surface area contributed by atoms with Crippen molar-refractivity contribution in [3.63, 3.8) is 0 Å². The first-order valence-corrected chi connectivity index (χ1v) is 30.8. The van der Waals surface area contributed by atoms with Crippen LogP contribution >= 0.6 is 0 Å². The molecule has 11 rings (SSSR count). The van der Waals surface area contributed by atoms with Crippen LogP contribution in [0.25, 0.3) is 0 Å². The molecular weight excluding hydrogens is 1000 g/mol. The highest BCUT2D eigenvalue weighted by atomic mass is 16.7. The van der Waals surface area contributed by atoms with Gasteiger partial charge >= 0.3 is 5.97 Å². The summed E-state index contributed by atoms with van der Waals surface area (Å²) in [5.74, 6) is 1.29. The van der Waals surface area contributed by atoms with Gasteiger partial charge in [0.15, 0.2) is 17.3 Å². The summed E-state index contributed by atoms with van der Waals surface area (Å²) in [7, 11) is 3.79. The van der Waals surface area contributed by atoms with E-state index in [0.29, 0.717) is 49.6 Å². The van der Waals surface area contributed by atoms with Crippen molar-refractivity contribution in [3.8, 4) is 0 Å². The van der Waals surface area contributed by atoms with Crippen molar-refractivity contribution in [1.82, 2.24) is 37.2 Å². The van der Waals surface area contributed by atoms with Gasteiger partial charge < -0.3 is 57.5 Å². The van der Waals surface area contributed by atoms with Crippen molar-refractivity contribution in [2.24, 2.45) is 39.8 Å². The molecule has 4 bridgehead atoms. The maximum Gasteiger partial charge on any atom is 0.350 e. The number of fused-ring (bicyclic) bond motifs is 1. The Kier molecular flexibility index (Phi) is 16.9. The predicted octanol–water partition coefficient (Wildman–Crippen LogP) is 7.87. The van der Waals surface area contributed by atoms with E-state index in [0.717, 1.165) is 112 Å². The normalized spacial score (nSPS) is 36.0. The minimum atomic E-state index is -2.20. The molecule has 0 aromatic heterocycles. The molecule has 6 heterocycles. The third-order valence-electron chi connectivity index (χ3n) is 20.2. The van der Waals surface area contributed by atoms with Gasteiger partial charge in [0.1, 0.15) is 11.9 Å². The summed E-state index contributed by atoms with van der Waals surface area (Å²) in [5, 5.41) is 35.9. The van der Waals surface area contributed by atoms with Crippen LogP contribution in [0.2, 0.25) is 0 Å². The molecule has 15 nitrogen and oxygen atoms in total. The number of aliphatic hydroxyl groups is 1. The fourth-order valence-corrected chi connectivity index (χ4v) is 16.0. The zero-order valence-electron chi connectivity index (χ0n) is 48.2. The van der Waals surface area contributed by atoms with Crippen LogP contribution in [0, 0.1) is 29.1 Å². The molecule has 10 N–H and O–H groups in total. The van der Waals surface area contributed by atoms with Crippen molar-refractivity contribution in [2.75, 3.05) is 40.3 Å². The molecule has 10 aliphatic rings. The molecule has 432 valence electrons. The van der Waals surface area contributed by atoms with Crippen LogP contribution < -0.4 is 43.0 Å². The second-order valence-corrected chi connectivity index (χ2v) is 25.7. The van der Waals surface area contributed by atoms with Crippen molar-refractivity contribution in [1.29, 1.82) is 0 Å². The number of rotatable bonds is 14. The Morgan fingerprint density at radius 3 is 2.66 bits per heavy atom. The number of nitrogens with two attached hydrogens (primary N) is 1. The highest BCUT2D eigenvalue weighted by molar-refractivity contribution is 6.33. The van der Waals surface area contributed by atoms with E-state index in [2.05, 4.69) is 86.4 Å². The smallest absolute Gasteiger partial charge is 0.350 e. The molecular formula is C65H91N9O6. The molecule has 15 heteroatoms. The van der Waals surface area contributed by atoms with E-state index in [1.54, 1.807) is 13.1 Å². The Morgan fingerprint density at radius 1 is 1.01 bits per heavy atom. The fourth-order valence-electron chi connectivity index (χ4n) is 16.0. The molecule has 11 atom stereocenters. The Morgan fingerprint density at radius 2 is 1.86 bits per heavy atom. The SMILES string of the molecule is CN=C1NCCCC(CC(C)=CCC23OC24C(=O)OC(CCCO)C2CC5C(=CC2NCC2CCCCC2)C=CCC5CCCCC(C)(CC2=CNC(N)C=C2)Cc2cccc(c2C4=O)C3=O)(C2=CCNC3=C2CCC(NC)N3)N1. The number of carbonyl (C=O) groups excluding carboxylic acids is 3. The number of aliphatic hydroxyl groups excluding tert-OH is 1. The number of Topliss-reactive ketones (excluding diaryl/α,β-unsaturated/α-hetero) is 2. The van der Waals surface area contributed by atoms with Crippen LogP contribution in [-0.4, -0.2) is 110 Å². The van der Waals surface area contributed by atoms with Gasteiger partial charge in [0.05, 0.1) is 17.9 Å². The number of ketones is 2. The molecule has 1 spiro atoms. The fraction of sp³-hybridized carbons (Fsp3) is 0.631. The second kappa shape index (κ2) is 23.9. The van der Waals surface area contributed by atoms with E-state index < -0.39 is 34.6 Å². The monoisotopic (exact) mass is 1090 g/mol. The molecule has 1 aromatic rings. The van der Waals surface area contributed by atoms with E-state index in [-0.39, 0.29) is 60.0 Å². The number of dihydropyridines is 2. The van der Waals surface area contributed by atoms with Gasteiger partial charge in [0, 0.05) is 62.5 Å². The van der Waals surface area contributed by atoms with Crippen LogP contribution in [0.4, 0.5) is 0 Å². The Balaban J connectivity index is 0.987. The summed E-state index contributed by atoms with van der Waals surface area (Å²) in [6.45, 7) is 6.66. The molecule has 0 amide bonds. The predicted molar refractivity (Wildman–Crippen MR) is 314 cm³/mol. The number of aliphatic imine (C=N–C) groups is 1. The summed E-state index contributed by atoms with van der Waals surface area (Å²) in [6.07, 6.45) is 35.1. The first-order chi connectivity index (χ1) is 38.8. The highest BCUT2D eigenvalue weighted by Gasteiger charge is 2.85. The van der Waals surface area contributed by atoms with Crippen LogP contribution in [0.5, 0.6) is 0 Å². The van der Waals surface area contributed by atoms with Gasteiger partial charge in [-0.3, -0.25) is 14.6 Å². The molecule has 2 saturated heterocycles. The Bertz CT molecular complexity index is 2790. The minimum absolute atomic E-state index is 0.0109. The zero-order chi connectivity index (χ0) is 55.7. The molecule has 3 fully saturated rings. The molecule has 0 radical (unpaired) electrons. The Hall–Kier alpha value is -5.32. The summed E-state index contributed by atoms with van der Waals surface area (Å²) in [4.78, 5) is 52.6. The summed E-state index contributed by atoms with van der Waals surface area (Å²) in [5.41, 5.74) is 8.63. The van der Waals surface area contributed by atoms with Crippen molar-refractivity contribution < 1.29 is 29.0 Å². The summed E-state index contributed by atoms with van der Waals surface area (Å²) >= 11 is 0. The maximum atomic E-state index is 16.2. The number of nitrogens with zero attached hydrogens (tertiary/aromatic N) is 1. The number of hydrogen-bond donors (Lipinski definition) is 9. The third-order valence-corrected chi connectivity index (χ3v) is 20.2. The topological polar surface area (TPSA) is 216 Å². The molecule has 1 aromatic carbocycles. The molecule has 80 heavy (non-hydrogen) atoms. The lowest BCUT2D eigenvalue weighted by Gasteiger charge is -2.43. The van der Waals surface area contributed by atoms with Crippen LogP contribution in [0.3, 0.4) is 0 Å². The number of epoxide rings is 1. The van der Waals surface area contributed by atoms with E-state index in [1.807, 2.05) is 37.5 Å². The number of guanidine groups is 1. The van der Waals surface area contributed by atoms with Gasteiger partial charge in [-0.05, 0) is 174 Å². The lowest BCUT2D eigenvalue weighted by atomic mass is 9.66. The van der Waals surface area contributed by atoms with Crippen LogP contribution in [0.15, 0.2) is 106 Å². The van der Waals surface area contributed by atoms with Crippen molar-refractivity contribution in [3.05, 3.63) is 117 Å². The lowest BCUT2D eigenvalue weighted by Crippen LogP contribution is -2.55. The molecule has 6 aliphatic heterocycles. The van der Waals surface area contributed by atoms with E-state index in [9.17, 15) is 5.11 Å². The first-order valence-electron chi connectivity index (χ1n) is 30.8. The number of carbonyl (C=O) groups is 3. The van der Waals surface area contributed by atoms with Gasteiger partial charge in [-0.1, -0.05) is 99.3 Å². The number of nitrogens with one attached hydrogen (secondary N) is 7. The maximum absolute atomic E-state index is 16.2. The summed E-state index contributed by atoms with van der Waals surface area (Å²) in [6, 6.07) is 5.55. The van der Waals surface area contributed by atoms with Crippen LogP contribution in [0.1, 0.15) is 169 Å². The zero-order valence-corrected chi connectivity index (χ0v) is 48.2. The van der Waals surface area contributed by atoms with Crippen molar-refractivity contribution >= 4 is 23.5 Å². The number of benzene rings is 1. The number of ether oxygens (including phenoxy) is 2. The van der Waals surface area contributed by atoms with E-state index in [4.69, 9.17) is 15.2 Å². The van der Waals surface area contributed by atoms with Crippen LogP contribution in [-0.2, 0) is 20.7 Å². The second-order valence-electron chi connectivity index (χ2n) is 25.7. The largest absolute Gasteiger partial charge is 0.459 e. The molecule has 1 saturated carbocycles. The number of cyclic esters (lactones) is 1. The average molecular weight is 1090 g/mol. The average Bonchev–Trinajstić information content (AvgIpc) is 4.25. The van der Waals surface area contributed by atoms with Gasteiger partial charge in [-0.15, -0.1) is 0 Å². The molecule has 4 aliphatic carbocycles. The molecule has 11 unspecified atom stereocenters. The van der Waals surface area contributed by atoms with Gasteiger partial charge in [0.2, 0.25) is 5.78 Å². The van der Waals surface area contributed by atoms with Gasteiger partial charge in [-0.2, -0.15) is 0 Å². The quantitative estimate of drug-likeness (QED) is 0.0375. The minimum Gasteiger partial charge on any atom is -0.459 e. The van der Waals surface area contributed by atoms with Gasteiger partial charge in [0.25, 0.3) is 5.60 Å². The van der Waals surface area contributed by atoms with Gasteiger partial charge in [-0.25, -0.2) is 4.79 Å².